The van der Waals surface area contributed by atoms with Crippen molar-refractivity contribution in [2.45, 2.75) is 0 Å². The van der Waals surface area contributed by atoms with Crippen molar-refractivity contribution in [2.75, 3.05) is 0 Å². The number of Topliss-reactive ketones (excluding diaryl/α,β-unsaturated/α-hetero) is 2. The predicted molar refractivity (Wildman–Crippen MR) is 81.4 cm³/mol. The summed E-state index contributed by atoms with van der Waals surface area (Å²) in [5, 5.41) is 1.00. The van der Waals surface area contributed by atoms with Gasteiger partial charge < -0.3 is 4.98 Å². The van der Waals surface area contributed by atoms with Crippen molar-refractivity contribution in [1.29, 1.82) is 0 Å². The largest absolute Gasteiger partial charge is 0.361 e. The maximum atomic E-state index is 12.4. The van der Waals surface area contributed by atoms with E-state index < -0.39 is 0 Å². The fourth-order valence-corrected chi connectivity index (χ4v) is 2.77. The molecule has 0 aliphatic heterocycles. The van der Waals surface area contributed by atoms with Crippen molar-refractivity contribution in [3.8, 4) is 0 Å². The summed E-state index contributed by atoms with van der Waals surface area (Å²) in [6.07, 6.45) is 3.50. The lowest BCUT2D eigenvalue weighted by molar-refractivity contribution is 0.0990. The Bertz CT molecular complexity index is 894. The van der Waals surface area contributed by atoms with E-state index in [-0.39, 0.29) is 17.1 Å². The highest BCUT2D eigenvalue weighted by molar-refractivity contribution is 6.41. The number of ketones is 2. The number of carbonyl (C=O) groups excluding carboxylic acids is 2. The zero-order valence-electron chi connectivity index (χ0n) is 11.1. The van der Waals surface area contributed by atoms with Crippen LogP contribution in [0.15, 0.2) is 60.3 Å². The Morgan fingerprint density at radius 2 is 1.43 bits per heavy atom. The van der Waals surface area contributed by atoms with Gasteiger partial charge >= 0.3 is 0 Å². The van der Waals surface area contributed by atoms with E-state index in [1.165, 1.54) is 0 Å². The molecule has 21 heavy (non-hydrogen) atoms. The Kier molecular flexibility index (Phi) is 2.42. The fraction of sp³-hybridized carbons (Fsp3) is 0. The highest BCUT2D eigenvalue weighted by atomic mass is 16.2. The molecular weight excluding hydrogens is 262 g/mol. The minimum absolute atomic E-state index is 0.194. The van der Waals surface area contributed by atoms with E-state index >= 15 is 0 Å². The van der Waals surface area contributed by atoms with E-state index in [0.717, 1.165) is 16.5 Å². The fourth-order valence-electron chi connectivity index (χ4n) is 2.77. The lowest BCUT2D eigenvalue weighted by atomic mass is 10.1. The average molecular weight is 273 g/mol. The second-order valence-corrected chi connectivity index (χ2v) is 5.05. The molecule has 0 spiro atoms. The van der Waals surface area contributed by atoms with Gasteiger partial charge in [-0.15, -0.1) is 0 Å². The first-order chi connectivity index (χ1) is 10.3. The quantitative estimate of drug-likeness (QED) is 0.543. The lowest BCUT2D eigenvalue weighted by Gasteiger charge is -1.94. The Hall–Kier alpha value is -2.94. The second-order valence-electron chi connectivity index (χ2n) is 5.05. The maximum absolute atomic E-state index is 12.4. The molecule has 0 saturated heterocycles. The Morgan fingerprint density at radius 3 is 2.14 bits per heavy atom. The van der Waals surface area contributed by atoms with Crippen molar-refractivity contribution in [1.82, 2.24) is 4.98 Å². The monoisotopic (exact) mass is 273 g/mol. The molecule has 0 atom stereocenters. The molecule has 2 aromatic carbocycles. The minimum atomic E-state index is -0.194. The number of H-pyrrole nitrogens is 1. The smallest absolute Gasteiger partial charge is 0.197 e. The van der Waals surface area contributed by atoms with Crippen LogP contribution in [0, 0.1) is 0 Å². The molecule has 0 bridgehead atoms. The zero-order chi connectivity index (χ0) is 14.4. The van der Waals surface area contributed by atoms with Crippen LogP contribution in [0.25, 0.3) is 17.0 Å². The van der Waals surface area contributed by atoms with Gasteiger partial charge in [0, 0.05) is 33.8 Å². The molecule has 3 nitrogen and oxygen atoms in total. The van der Waals surface area contributed by atoms with Crippen LogP contribution in [-0.4, -0.2) is 16.6 Å². The SMILES string of the molecule is O=C1C(=Cc2c[nH]c3ccccc23)C(=O)c2ccccc21. The number of carbonyl (C=O) groups is 2. The second kappa shape index (κ2) is 4.28. The number of aromatic amines is 1. The summed E-state index contributed by atoms with van der Waals surface area (Å²) in [5.74, 6) is -0.387. The van der Waals surface area contributed by atoms with E-state index in [9.17, 15) is 9.59 Å². The summed E-state index contributed by atoms with van der Waals surface area (Å²) in [6, 6.07) is 14.8. The number of nitrogens with one attached hydrogen (secondary N) is 1. The first kappa shape index (κ1) is 11.9. The molecule has 0 saturated carbocycles. The number of fused-ring (bicyclic) bond motifs is 2. The zero-order valence-corrected chi connectivity index (χ0v) is 11.1. The van der Waals surface area contributed by atoms with E-state index in [1.54, 1.807) is 30.3 Å². The average Bonchev–Trinajstić information content (AvgIpc) is 3.04. The van der Waals surface area contributed by atoms with Crippen molar-refractivity contribution in [3.05, 3.63) is 77.0 Å². The van der Waals surface area contributed by atoms with Gasteiger partial charge in [-0.05, 0) is 12.1 Å². The van der Waals surface area contributed by atoms with Gasteiger partial charge in [0.05, 0.1) is 5.57 Å². The van der Waals surface area contributed by atoms with Crippen LogP contribution in [0.4, 0.5) is 0 Å². The molecule has 1 heterocycles. The van der Waals surface area contributed by atoms with Crippen LogP contribution in [0.3, 0.4) is 0 Å². The Labute approximate surface area is 120 Å². The normalized spacial score (nSPS) is 13.8. The summed E-state index contributed by atoms with van der Waals surface area (Å²) in [6.45, 7) is 0. The van der Waals surface area contributed by atoms with E-state index in [0.29, 0.717) is 11.1 Å². The van der Waals surface area contributed by atoms with Crippen molar-refractivity contribution < 1.29 is 9.59 Å². The van der Waals surface area contributed by atoms with E-state index in [1.807, 2.05) is 30.5 Å². The molecule has 1 aliphatic rings. The number of aromatic nitrogens is 1. The van der Waals surface area contributed by atoms with Gasteiger partial charge in [-0.25, -0.2) is 0 Å². The molecule has 4 rings (SSSR count). The molecule has 1 N–H and O–H groups in total. The summed E-state index contributed by atoms with van der Waals surface area (Å²) >= 11 is 0. The van der Waals surface area contributed by atoms with E-state index in [2.05, 4.69) is 4.98 Å². The van der Waals surface area contributed by atoms with Crippen LogP contribution in [0.1, 0.15) is 26.3 Å². The summed E-state index contributed by atoms with van der Waals surface area (Å²) in [7, 11) is 0. The molecule has 1 aromatic heterocycles. The number of hydrogen-bond donors (Lipinski definition) is 1. The van der Waals surface area contributed by atoms with Crippen LogP contribution in [0.5, 0.6) is 0 Å². The number of hydrogen-bond acceptors (Lipinski definition) is 2. The van der Waals surface area contributed by atoms with Gasteiger partial charge in [0.2, 0.25) is 0 Å². The van der Waals surface area contributed by atoms with Gasteiger partial charge in [0.1, 0.15) is 0 Å². The van der Waals surface area contributed by atoms with Gasteiger partial charge in [0.25, 0.3) is 0 Å². The molecule has 1 aliphatic carbocycles. The molecule has 0 radical (unpaired) electrons. The van der Waals surface area contributed by atoms with Gasteiger partial charge in [-0.1, -0.05) is 42.5 Å². The van der Waals surface area contributed by atoms with Crippen molar-refractivity contribution in [3.63, 3.8) is 0 Å². The van der Waals surface area contributed by atoms with Gasteiger partial charge in [0.15, 0.2) is 11.6 Å². The summed E-state index contributed by atoms with van der Waals surface area (Å²) in [5.41, 5.74) is 3.07. The molecule has 100 valence electrons. The molecule has 0 fully saturated rings. The lowest BCUT2D eigenvalue weighted by Crippen LogP contribution is -1.99. The summed E-state index contributed by atoms with van der Waals surface area (Å²) in [4.78, 5) is 27.9. The Morgan fingerprint density at radius 1 is 0.810 bits per heavy atom. The molecule has 3 heteroatoms. The molecule has 0 amide bonds. The maximum Gasteiger partial charge on any atom is 0.197 e. The van der Waals surface area contributed by atoms with Crippen LogP contribution in [0.2, 0.25) is 0 Å². The number of allylic oxidation sites excluding steroid dienone is 1. The highest BCUT2D eigenvalue weighted by Gasteiger charge is 2.32. The molecule has 0 unspecified atom stereocenters. The van der Waals surface area contributed by atoms with Crippen LogP contribution >= 0.6 is 0 Å². The van der Waals surface area contributed by atoms with Crippen LogP contribution in [-0.2, 0) is 0 Å². The number of rotatable bonds is 1. The third-order valence-corrected chi connectivity index (χ3v) is 3.83. The number of para-hydroxylation sites is 1. The van der Waals surface area contributed by atoms with E-state index in [4.69, 9.17) is 0 Å². The molecular formula is C18H11NO2. The number of benzene rings is 2. The standard InChI is InChI=1S/C18H11NO2/c20-17-13-6-1-2-7-14(13)18(21)15(17)9-11-10-19-16-8-4-3-5-12(11)16/h1-10,19H. The predicted octanol–water partition coefficient (Wildman–Crippen LogP) is 3.63. The van der Waals surface area contributed by atoms with Gasteiger partial charge in [-0.2, -0.15) is 0 Å². The van der Waals surface area contributed by atoms with Crippen molar-refractivity contribution >= 4 is 28.5 Å². The summed E-state index contributed by atoms with van der Waals surface area (Å²) < 4.78 is 0. The third kappa shape index (κ3) is 1.68. The third-order valence-electron chi connectivity index (χ3n) is 3.83. The topological polar surface area (TPSA) is 49.9 Å². The van der Waals surface area contributed by atoms with Crippen LogP contribution < -0.4 is 0 Å². The molecule has 3 aromatic rings. The Balaban J connectivity index is 1.88. The van der Waals surface area contributed by atoms with Gasteiger partial charge in [-0.3, -0.25) is 9.59 Å². The first-order valence-electron chi connectivity index (χ1n) is 6.72. The van der Waals surface area contributed by atoms with Crippen molar-refractivity contribution in [2.24, 2.45) is 0 Å². The minimum Gasteiger partial charge on any atom is -0.361 e. The first-order valence-corrected chi connectivity index (χ1v) is 6.72. The highest BCUT2D eigenvalue weighted by Crippen LogP contribution is 2.29.